The molecule has 1 N–H and O–H groups in total. The number of carboxylic acids is 1. The van der Waals surface area contributed by atoms with Crippen molar-refractivity contribution in [2.45, 2.75) is 52.2 Å². The Morgan fingerprint density at radius 1 is 1.33 bits per heavy atom. The Kier molecular flexibility index (Phi) is 5.17. The number of rotatable bonds is 5. The fraction of sp³-hybridized carbons (Fsp3) is 0.625. The van der Waals surface area contributed by atoms with Gasteiger partial charge in [-0.25, -0.2) is 0 Å². The van der Waals surface area contributed by atoms with Crippen LogP contribution in [0.15, 0.2) is 6.20 Å². The smallest absolute Gasteiger partial charge is 0.306 e. The summed E-state index contributed by atoms with van der Waals surface area (Å²) in [5.74, 6) is -0.0309. The predicted octanol–water partition coefficient (Wildman–Crippen LogP) is 2.87. The van der Waals surface area contributed by atoms with Crippen molar-refractivity contribution in [3.05, 3.63) is 23.0 Å². The molecule has 0 bridgehead atoms. The van der Waals surface area contributed by atoms with Gasteiger partial charge in [-0.2, -0.15) is 0 Å². The largest absolute Gasteiger partial charge is 0.496 e. The molecule has 1 aliphatic carbocycles. The zero-order chi connectivity index (χ0) is 15.4. The van der Waals surface area contributed by atoms with Crippen LogP contribution in [0.2, 0.25) is 0 Å². The van der Waals surface area contributed by atoms with E-state index in [4.69, 9.17) is 14.6 Å². The van der Waals surface area contributed by atoms with Gasteiger partial charge in [0.2, 0.25) is 0 Å². The lowest BCUT2D eigenvalue weighted by Crippen LogP contribution is -2.26. The molecule has 2 rings (SSSR count). The van der Waals surface area contributed by atoms with E-state index in [1.165, 1.54) is 0 Å². The van der Waals surface area contributed by atoms with Crippen molar-refractivity contribution in [1.29, 1.82) is 0 Å². The van der Waals surface area contributed by atoms with Gasteiger partial charge in [-0.3, -0.25) is 9.78 Å². The highest BCUT2D eigenvalue weighted by atomic mass is 16.5. The molecule has 0 radical (unpaired) electrons. The summed E-state index contributed by atoms with van der Waals surface area (Å²) in [7, 11) is 1.66. The van der Waals surface area contributed by atoms with Gasteiger partial charge in [0, 0.05) is 17.3 Å². The first-order chi connectivity index (χ1) is 10.0. The molecule has 5 heteroatoms. The van der Waals surface area contributed by atoms with Crippen LogP contribution in [0.3, 0.4) is 0 Å². The van der Waals surface area contributed by atoms with Crippen molar-refractivity contribution in [3.8, 4) is 5.75 Å². The lowest BCUT2D eigenvalue weighted by atomic mass is 9.87. The Labute approximate surface area is 125 Å². The number of pyridine rings is 1. The minimum absolute atomic E-state index is 0.133. The zero-order valence-corrected chi connectivity index (χ0v) is 12.9. The molecule has 116 valence electrons. The molecule has 0 saturated heterocycles. The van der Waals surface area contributed by atoms with Crippen molar-refractivity contribution in [3.63, 3.8) is 0 Å². The van der Waals surface area contributed by atoms with E-state index in [2.05, 4.69) is 4.98 Å². The van der Waals surface area contributed by atoms with E-state index >= 15 is 0 Å². The Bertz CT molecular complexity index is 507. The first-order valence-corrected chi connectivity index (χ1v) is 7.36. The number of aliphatic carboxylic acids is 1. The SMILES string of the molecule is COc1c(C)cnc(COC2CCC(C(=O)O)CC2)c1C. The lowest BCUT2D eigenvalue weighted by Gasteiger charge is -2.26. The van der Waals surface area contributed by atoms with Gasteiger partial charge in [0.15, 0.2) is 0 Å². The summed E-state index contributed by atoms with van der Waals surface area (Å²) in [4.78, 5) is 15.3. The van der Waals surface area contributed by atoms with E-state index in [-0.39, 0.29) is 12.0 Å². The molecule has 0 unspecified atom stereocenters. The second kappa shape index (κ2) is 6.89. The van der Waals surface area contributed by atoms with Crippen molar-refractivity contribution in [2.24, 2.45) is 5.92 Å². The van der Waals surface area contributed by atoms with Crippen LogP contribution in [0.1, 0.15) is 42.5 Å². The van der Waals surface area contributed by atoms with Crippen LogP contribution >= 0.6 is 0 Å². The maximum absolute atomic E-state index is 10.9. The number of hydrogen-bond acceptors (Lipinski definition) is 4. The summed E-state index contributed by atoms with van der Waals surface area (Å²) in [5.41, 5.74) is 2.91. The van der Waals surface area contributed by atoms with E-state index < -0.39 is 5.97 Å². The molecular weight excluding hydrogens is 270 g/mol. The average molecular weight is 293 g/mol. The molecule has 21 heavy (non-hydrogen) atoms. The first kappa shape index (κ1) is 15.8. The monoisotopic (exact) mass is 293 g/mol. The Hall–Kier alpha value is -1.62. The molecule has 0 amide bonds. The molecule has 0 spiro atoms. The minimum atomic E-state index is -0.686. The summed E-state index contributed by atoms with van der Waals surface area (Å²) in [6.07, 6.45) is 4.94. The maximum Gasteiger partial charge on any atom is 0.306 e. The molecule has 1 aromatic rings. The summed E-state index contributed by atoms with van der Waals surface area (Å²) >= 11 is 0. The maximum atomic E-state index is 10.9. The summed E-state index contributed by atoms with van der Waals surface area (Å²) < 4.78 is 11.3. The highest BCUT2D eigenvalue weighted by Gasteiger charge is 2.26. The third-order valence-corrected chi connectivity index (χ3v) is 4.23. The Morgan fingerprint density at radius 2 is 2.00 bits per heavy atom. The van der Waals surface area contributed by atoms with Crippen molar-refractivity contribution < 1.29 is 19.4 Å². The molecule has 1 aliphatic rings. The van der Waals surface area contributed by atoms with Crippen molar-refractivity contribution in [2.75, 3.05) is 7.11 Å². The summed E-state index contributed by atoms with van der Waals surface area (Å²) in [5, 5.41) is 8.99. The van der Waals surface area contributed by atoms with Gasteiger partial charge >= 0.3 is 5.97 Å². The van der Waals surface area contributed by atoms with Crippen LogP contribution in [0.5, 0.6) is 5.75 Å². The summed E-state index contributed by atoms with van der Waals surface area (Å²) in [6.45, 7) is 4.40. The highest BCUT2D eigenvalue weighted by molar-refractivity contribution is 5.70. The zero-order valence-electron chi connectivity index (χ0n) is 12.9. The van der Waals surface area contributed by atoms with Crippen LogP contribution in [0.4, 0.5) is 0 Å². The van der Waals surface area contributed by atoms with Crippen LogP contribution < -0.4 is 4.74 Å². The second-order valence-electron chi connectivity index (χ2n) is 5.67. The van der Waals surface area contributed by atoms with E-state index in [0.29, 0.717) is 19.4 Å². The normalized spacial score (nSPS) is 22.0. The van der Waals surface area contributed by atoms with Gasteiger partial charge in [0.25, 0.3) is 0 Å². The third kappa shape index (κ3) is 3.73. The highest BCUT2D eigenvalue weighted by Crippen LogP contribution is 2.28. The number of carbonyl (C=O) groups is 1. The Balaban J connectivity index is 1.91. The number of hydrogen-bond donors (Lipinski definition) is 1. The van der Waals surface area contributed by atoms with Crippen LogP contribution in [0.25, 0.3) is 0 Å². The van der Waals surface area contributed by atoms with Crippen LogP contribution in [-0.4, -0.2) is 29.3 Å². The second-order valence-corrected chi connectivity index (χ2v) is 5.67. The van der Waals surface area contributed by atoms with E-state index in [1.807, 2.05) is 13.8 Å². The molecule has 1 aromatic heterocycles. The molecule has 0 atom stereocenters. The van der Waals surface area contributed by atoms with E-state index in [1.54, 1.807) is 13.3 Å². The number of aromatic nitrogens is 1. The van der Waals surface area contributed by atoms with Crippen LogP contribution in [-0.2, 0) is 16.1 Å². The molecule has 1 saturated carbocycles. The van der Waals surface area contributed by atoms with Crippen molar-refractivity contribution in [1.82, 2.24) is 4.98 Å². The third-order valence-electron chi connectivity index (χ3n) is 4.23. The summed E-state index contributed by atoms with van der Waals surface area (Å²) in [6, 6.07) is 0. The molecule has 1 heterocycles. The van der Waals surface area contributed by atoms with Gasteiger partial charge in [0.05, 0.1) is 31.4 Å². The van der Waals surface area contributed by atoms with Crippen molar-refractivity contribution >= 4 is 5.97 Å². The predicted molar refractivity (Wildman–Crippen MR) is 78.4 cm³/mol. The number of aryl methyl sites for hydroxylation is 1. The van der Waals surface area contributed by atoms with Crippen LogP contribution in [0, 0.1) is 19.8 Å². The first-order valence-electron chi connectivity index (χ1n) is 7.36. The standard InChI is InChI=1S/C16H23NO4/c1-10-8-17-14(11(2)15(10)20-3)9-21-13-6-4-12(5-7-13)16(18)19/h8,12-13H,4-7,9H2,1-3H3,(H,18,19). The quantitative estimate of drug-likeness (QED) is 0.904. The number of ether oxygens (including phenoxy) is 2. The molecule has 1 fully saturated rings. The van der Waals surface area contributed by atoms with Gasteiger partial charge < -0.3 is 14.6 Å². The lowest BCUT2D eigenvalue weighted by molar-refractivity contribution is -0.143. The fourth-order valence-corrected chi connectivity index (χ4v) is 2.89. The number of nitrogens with zero attached hydrogens (tertiary/aromatic N) is 1. The molecular formula is C16H23NO4. The van der Waals surface area contributed by atoms with Gasteiger partial charge in [0.1, 0.15) is 5.75 Å². The van der Waals surface area contributed by atoms with E-state index in [0.717, 1.165) is 35.4 Å². The van der Waals surface area contributed by atoms with E-state index in [9.17, 15) is 4.79 Å². The van der Waals surface area contributed by atoms with Gasteiger partial charge in [-0.15, -0.1) is 0 Å². The van der Waals surface area contributed by atoms with Gasteiger partial charge in [-0.1, -0.05) is 0 Å². The minimum Gasteiger partial charge on any atom is -0.496 e. The van der Waals surface area contributed by atoms with Gasteiger partial charge in [-0.05, 0) is 39.5 Å². The molecule has 0 aromatic carbocycles. The molecule has 5 nitrogen and oxygen atoms in total. The number of carboxylic acid groups (broad SMARTS) is 1. The molecule has 0 aliphatic heterocycles. The topological polar surface area (TPSA) is 68.7 Å². The number of methoxy groups -OCH3 is 1. The average Bonchev–Trinajstić information content (AvgIpc) is 2.47. The Morgan fingerprint density at radius 3 is 2.57 bits per heavy atom. The fourth-order valence-electron chi connectivity index (χ4n) is 2.89.